The number of hydrogen-bond donors (Lipinski definition) is 7. The molecule has 14 nitrogen and oxygen atoms in total. The van der Waals surface area contributed by atoms with Gasteiger partial charge < -0.3 is 63.8 Å². The molecule has 14 heteroatoms. The Bertz CT molecular complexity index is 1440. The molecule has 2 aliphatic heterocycles. The quantitative estimate of drug-likeness (QED) is 0.179. The van der Waals surface area contributed by atoms with E-state index in [-0.39, 0.29) is 22.3 Å². The van der Waals surface area contributed by atoms with Crippen LogP contribution >= 0.6 is 0 Å². The first-order chi connectivity index (χ1) is 20.0. The molecule has 0 unspecified atom stereocenters. The van der Waals surface area contributed by atoms with E-state index in [0.717, 1.165) is 6.07 Å². The fourth-order valence-corrected chi connectivity index (χ4v) is 4.87. The highest BCUT2D eigenvalue weighted by Crippen LogP contribution is 2.33. The van der Waals surface area contributed by atoms with Gasteiger partial charge in [0.05, 0.1) is 25.4 Å². The summed E-state index contributed by atoms with van der Waals surface area (Å²) in [6, 6.07) is 9.07. The summed E-state index contributed by atoms with van der Waals surface area (Å²) in [4.78, 5) is 13.2. The molecule has 0 bridgehead atoms. The van der Waals surface area contributed by atoms with Crippen LogP contribution in [0.25, 0.3) is 22.1 Å². The van der Waals surface area contributed by atoms with E-state index in [4.69, 9.17) is 28.1 Å². The predicted octanol–water partition coefficient (Wildman–Crippen LogP) is -0.795. The minimum absolute atomic E-state index is 0.0312. The second kappa shape index (κ2) is 12.1. The lowest BCUT2D eigenvalue weighted by Gasteiger charge is -2.42. The van der Waals surface area contributed by atoms with E-state index >= 15 is 0 Å². The minimum atomic E-state index is -1.75. The fourth-order valence-electron chi connectivity index (χ4n) is 4.87. The molecule has 3 heterocycles. The molecule has 2 aromatic carbocycles. The zero-order valence-corrected chi connectivity index (χ0v) is 22.5. The van der Waals surface area contributed by atoms with Crippen LogP contribution in [0.2, 0.25) is 0 Å². The van der Waals surface area contributed by atoms with Gasteiger partial charge in [0, 0.05) is 12.1 Å². The molecule has 2 saturated heterocycles. The van der Waals surface area contributed by atoms with Gasteiger partial charge in [-0.25, -0.2) is 0 Å². The lowest BCUT2D eigenvalue weighted by molar-refractivity contribution is -0.318. The summed E-state index contributed by atoms with van der Waals surface area (Å²) in [5.41, 5.74) is 0.200. The molecule has 0 radical (unpaired) electrons. The summed E-state index contributed by atoms with van der Waals surface area (Å²) < 4.78 is 32.8. The van der Waals surface area contributed by atoms with E-state index in [9.17, 15) is 40.5 Å². The topological polar surface area (TPSA) is 218 Å². The normalized spacial score (nSPS) is 33.4. The Balaban J connectivity index is 1.33. The average Bonchev–Trinajstić information content (AvgIpc) is 2.98. The largest absolute Gasteiger partial charge is 0.507 e. The monoisotopic (exact) mass is 592 g/mol. The molecule has 42 heavy (non-hydrogen) atoms. The van der Waals surface area contributed by atoms with Crippen molar-refractivity contribution in [3.8, 4) is 28.4 Å². The summed E-state index contributed by atoms with van der Waals surface area (Å²) in [6.07, 6.45) is -13.6. The lowest BCUT2D eigenvalue weighted by Crippen LogP contribution is -2.61. The van der Waals surface area contributed by atoms with Gasteiger partial charge in [0.1, 0.15) is 77.2 Å². The van der Waals surface area contributed by atoms with Gasteiger partial charge in [-0.15, -0.1) is 0 Å². The summed E-state index contributed by atoms with van der Waals surface area (Å²) >= 11 is 0. The van der Waals surface area contributed by atoms with Gasteiger partial charge in [-0.1, -0.05) is 12.1 Å². The smallest absolute Gasteiger partial charge is 0.229 e. The molecule has 10 atom stereocenters. The third-order valence-electron chi connectivity index (χ3n) is 7.39. The fraction of sp³-hybridized carbons (Fsp3) is 0.464. The first-order valence-electron chi connectivity index (χ1n) is 13.1. The van der Waals surface area contributed by atoms with Crippen LogP contribution in [0.4, 0.5) is 0 Å². The van der Waals surface area contributed by atoms with E-state index in [1.165, 1.54) is 26.4 Å². The number of aliphatic hydroxyl groups excluding tert-OH is 6. The number of phenolic OH excluding ortho intramolecular Hbond substituents is 1. The molecule has 228 valence electrons. The Morgan fingerprint density at radius 3 is 2.17 bits per heavy atom. The number of rotatable bonds is 7. The zero-order chi connectivity index (χ0) is 30.3. The van der Waals surface area contributed by atoms with Crippen LogP contribution in [0.5, 0.6) is 17.2 Å². The number of benzene rings is 2. The molecule has 2 fully saturated rings. The standard InChI is InChI=1S/C28H32O14/c1-11-20(30)23(33)25(35)27(40-11)39-10-18-22(32)24(34)26(36)28(42-18)41-14-7-16(29)19-17(8-14)38-9-15(21(19)31)12-3-5-13(37-2)6-4-12/h3-9,11,18,20,22-30,32-36H,10H2,1-2H3/t11-,18+,20+,22-,23-,24-,25-,26-,27+,28+/m0/s1. The predicted molar refractivity (Wildman–Crippen MR) is 142 cm³/mol. The molecule has 1 aromatic heterocycles. The number of methoxy groups -OCH3 is 1. The van der Waals surface area contributed by atoms with Crippen LogP contribution in [0.3, 0.4) is 0 Å². The van der Waals surface area contributed by atoms with E-state index in [2.05, 4.69) is 0 Å². The van der Waals surface area contributed by atoms with Crippen LogP contribution in [0.1, 0.15) is 6.92 Å². The van der Waals surface area contributed by atoms with Gasteiger partial charge in [-0.2, -0.15) is 0 Å². The zero-order valence-electron chi connectivity index (χ0n) is 22.5. The Morgan fingerprint density at radius 2 is 1.48 bits per heavy atom. The molecule has 3 aromatic rings. The van der Waals surface area contributed by atoms with Crippen molar-refractivity contribution < 1.29 is 63.8 Å². The molecule has 2 aliphatic rings. The van der Waals surface area contributed by atoms with E-state index in [1.54, 1.807) is 24.3 Å². The lowest BCUT2D eigenvalue weighted by atomic mass is 9.98. The molecule has 0 aliphatic carbocycles. The highest BCUT2D eigenvalue weighted by atomic mass is 16.7. The molecular formula is C28H32O14. The number of phenols is 1. The van der Waals surface area contributed by atoms with Crippen LogP contribution < -0.4 is 14.9 Å². The molecule has 0 saturated carbocycles. The highest BCUT2D eigenvalue weighted by molar-refractivity contribution is 5.88. The van der Waals surface area contributed by atoms with Crippen molar-refractivity contribution >= 4 is 11.0 Å². The van der Waals surface area contributed by atoms with Crippen LogP contribution in [-0.4, -0.2) is 111 Å². The van der Waals surface area contributed by atoms with E-state index < -0.39 is 79.2 Å². The van der Waals surface area contributed by atoms with E-state index in [1.807, 2.05) is 0 Å². The number of ether oxygens (including phenoxy) is 5. The Hall–Kier alpha value is -3.31. The maximum atomic E-state index is 13.2. The van der Waals surface area contributed by atoms with Gasteiger partial charge in [0.25, 0.3) is 0 Å². The van der Waals surface area contributed by atoms with Gasteiger partial charge in [0.15, 0.2) is 6.29 Å². The minimum Gasteiger partial charge on any atom is -0.507 e. The van der Waals surface area contributed by atoms with Gasteiger partial charge >= 0.3 is 0 Å². The van der Waals surface area contributed by atoms with Crippen molar-refractivity contribution in [3.63, 3.8) is 0 Å². The highest BCUT2D eigenvalue weighted by Gasteiger charge is 2.47. The third-order valence-corrected chi connectivity index (χ3v) is 7.39. The van der Waals surface area contributed by atoms with Crippen LogP contribution in [0, 0.1) is 0 Å². The maximum absolute atomic E-state index is 13.2. The van der Waals surface area contributed by atoms with Crippen molar-refractivity contribution in [2.75, 3.05) is 13.7 Å². The maximum Gasteiger partial charge on any atom is 0.229 e. The van der Waals surface area contributed by atoms with Gasteiger partial charge in [-0.05, 0) is 24.6 Å². The summed E-state index contributed by atoms with van der Waals surface area (Å²) in [7, 11) is 1.52. The summed E-state index contributed by atoms with van der Waals surface area (Å²) in [5.74, 6) is 0.0283. The molecular weight excluding hydrogens is 560 g/mol. The average molecular weight is 593 g/mol. The van der Waals surface area contributed by atoms with Crippen molar-refractivity contribution in [2.45, 2.75) is 68.3 Å². The van der Waals surface area contributed by atoms with Gasteiger partial charge in [-0.3, -0.25) is 4.79 Å². The van der Waals surface area contributed by atoms with Gasteiger partial charge in [0.2, 0.25) is 11.7 Å². The van der Waals surface area contributed by atoms with E-state index in [0.29, 0.717) is 11.3 Å². The molecule has 0 amide bonds. The second-order valence-corrected chi connectivity index (χ2v) is 10.2. The number of aromatic hydroxyl groups is 1. The van der Waals surface area contributed by atoms with Crippen molar-refractivity contribution in [2.24, 2.45) is 0 Å². The SMILES string of the molecule is COc1ccc(-c2coc3cc(O[C@@H]4O[C@H](CO[C@@H]5O[C@@H](C)[C@@H](O)[C@H](O)[C@@H]5O)[C@H](O)[C@H](O)[C@@H]4O)cc(O)c3c2=O)cc1. The molecule has 0 spiro atoms. The van der Waals surface area contributed by atoms with Crippen molar-refractivity contribution in [3.05, 3.63) is 52.9 Å². The Morgan fingerprint density at radius 1 is 0.810 bits per heavy atom. The number of aliphatic hydroxyl groups is 6. The Kier molecular flexibility index (Phi) is 8.71. The van der Waals surface area contributed by atoms with Crippen molar-refractivity contribution in [1.82, 2.24) is 0 Å². The van der Waals surface area contributed by atoms with Crippen molar-refractivity contribution in [1.29, 1.82) is 0 Å². The first-order valence-corrected chi connectivity index (χ1v) is 13.1. The molecule has 7 N–H and O–H groups in total. The first kappa shape index (κ1) is 30.2. The van der Waals surface area contributed by atoms with Crippen LogP contribution in [0.15, 0.2) is 51.9 Å². The Labute approximate surface area is 238 Å². The molecule has 5 rings (SSSR count). The summed E-state index contributed by atoms with van der Waals surface area (Å²) in [5, 5.41) is 71.9. The summed E-state index contributed by atoms with van der Waals surface area (Å²) in [6.45, 7) is 0.987. The number of fused-ring (bicyclic) bond motifs is 1. The third kappa shape index (κ3) is 5.68. The second-order valence-electron chi connectivity index (χ2n) is 10.2. The van der Waals surface area contributed by atoms with Crippen LogP contribution in [-0.2, 0) is 14.2 Å². The number of hydrogen-bond acceptors (Lipinski definition) is 14.